The van der Waals surface area contributed by atoms with Crippen LogP contribution in [0.2, 0.25) is 0 Å². The summed E-state index contributed by atoms with van der Waals surface area (Å²) in [4.78, 5) is 0. The number of aliphatic hydroxyl groups is 1. The molecule has 0 aromatic heterocycles. The van der Waals surface area contributed by atoms with Gasteiger partial charge in [0.05, 0.1) is 6.10 Å². The van der Waals surface area contributed by atoms with E-state index in [-0.39, 0.29) is 11.9 Å². The first-order valence-electron chi connectivity index (χ1n) is 4.25. The van der Waals surface area contributed by atoms with Crippen LogP contribution in [0.3, 0.4) is 0 Å². The third-order valence-electron chi connectivity index (χ3n) is 1.86. The van der Waals surface area contributed by atoms with Crippen LogP contribution in [0.15, 0.2) is 18.2 Å². The summed E-state index contributed by atoms with van der Waals surface area (Å²) in [5.74, 6) is -0.941. The van der Waals surface area contributed by atoms with Crippen molar-refractivity contribution in [1.29, 1.82) is 0 Å². The Morgan fingerprint density at radius 1 is 1.46 bits per heavy atom. The van der Waals surface area contributed by atoms with Gasteiger partial charge in [0.2, 0.25) is 0 Å². The molecule has 2 N–H and O–H groups in total. The minimum atomic E-state index is -0.608. The van der Waals surface area contributed by atoms with E-state index >= 15 is 0 Å². The number of hydrogen-bond donors (Lipinski definition) is 2. The SMILES string of the molecule is C[C@@H](O)CCc1ccc(O)c(F)c1. The third-order valence-corrected chi connectivity index (χ3v) is 1.86. The van der Waals surface area contributed by atoms with Crippen LogP contribution in [-0.2, 0) is 6.42 Å². The molecule has 2 nitrogen and oxygen atoms in total. The van der Waals surface area contributed by atoms with Crippen LogP contribution in [-0.4, -0.2) is 16.3 Å². The highest BCUT2D eigenvalue weighted by Gasteiger charge is 2.02. The van der Waals surface area contributed by atoms with Crippen molar-refractivity contribution in [1.82, 2.24) is 0 Å². The normalized spacial score (nSPS) is 12.8. The molecule has 0 bridgehead atoms. The highest BCUT2D eigenvalue weighted by atomic mass is 19.1. The summed E-state index contributed by atoms with van der Waals surface area (Å²) in [7, 11) is 0. The standard InChI is InChI=1S/C10H13FO2/c1-7(12)2-3-8-4-5-10(13)9(11)6-8/h4-7,12-13H,2-3H2,1H3/t7-/m1/s1. The quantitative estimate of drug-likeness (QED) is 0.752. The van der Waals surface area contributed by atoms with Crippen LogP contribution < -0.4 is 0 Å². The van der Waals surface area contributed by atoms with E-state index in [1.54, 1.807) is 13.0 Å². The smallest absolute Gasteiger partial charge is 0.165 e. The van der Waals surface area contributed by atoms with E-state index < -0.39 is 5.82 Å². The summed E-state index contributed by atoms with van der Waals surface area (Å²) in [5.41, 5.74) is 0.788. The molecule has 0 heterocycles. The van der Waals surface area contributed by atoms with Crippen molar-refractivity contribution in [3.63, 3.8) is 0 Å². The lowest BCUT2D eigenvalue weighted by molar-refractivity contribution is 0.185. The molecule has 3 heteroatoms. The second-order valence-electron chi connectivity index (χ2n) is 3.17. The van der Waals surface area contributed by atoms with E-state index in [1.165, 1.54) is 12.1 Å². The first kappa shape index (κ1) is 9.99. The number of halogens is 1. The van der Waals surface area contributed by atoms with Gasteiger partial charge in [0, 0.05) is 0 Å². The van der Waals surface area contributed by atoms with E-state index in [2.05, 4.69) is 0 Å². The number of aromatic hydroxyl groups is 1. The summed E-state index contributed by atoms with van der Waals surface area (Å²) in [5, 5.41) is 17.9. The number of aliphatic hydroxyl groups excluding tert-OH is 1. The van der Waals surface area contributed by atoms with Crippen molar-refractivity contribution in [3.8, 4) is 5.75 Å². The van der Waals surface area contributed by atoms with Gasteiger partial charge in [0.25, 0.3) is 0 Å². The first-order valence-corrected chi connectivity index (χ1v) is 4.25. The van der Waals surface area contributed by atoms with Gasteiger partial charge in [-0.3, -0.25) is 0 Å². The molecule has 0 aliphatic heterocycles. The van der Waals surface area contributed by atoms with Crippen LogP contribution in [0, 0.1) is 5.82 Å². The number of hydrogen-bond acceptors (Lipinski definition) is 2. The molecule has 0 fully saturated rings. The average molecular weight is 184 g/mol. The van der Waals surface area contributed by atoms with E-state index in [1.807, 2.05) is 0 Å². The van der Waals surface area contributed by atoms with Gasteiger partial charge < -0.3 is 10.2 Å². The van der Waals surface area contributed by atoms with Crippen LogP contribution in [0.4, 0.5) is 4.39 Å². The Morgan fingerprint density at radius 2 is 2.15 bits per heavy atom. The molecule has 72 valence electrons. The molecule has 0 unspecified atom stereocenters. The highest BCUT2D eigenvalue weighted by molar-refractivity contribution is 5.28. The predicted octanol–water partition coefficient (Wildman–Crippen LogP) is 1.84. The first-order chi connectivity index (χ1) is 6.09. The van der Waals surface area contributed by atoms with E-state index in [0.717, 1.165) is 5.56 Å². The minimum absolute atomic E-state index is 0.333. The number of aryl methyl sites for hydroxylation is 1. The molecule has 0 radical (unpaired) electrons. The number of phenolic OH excluding ortho intramolecular Hbond substituents is 1. The van der Waals surface area contributed by atoms with Gasteiger partial charge in [-0.25, -0.2) is 4.39 Å². The molecular weight excluding hydrogens is 171 g/mol. The third kappa shape index (κ3) is 3.03. The predicted molar refractivity (Wildman–Crippen MR) is 48.1 cm³/mol. The second-order valence-corrected chi connectivity index (χ2v) is 3.17. The summed E-state index contributed by atoms with van der Waals surface area (Å²) in [6.45, 7) is 1.69. The molecule has 0 spiro atoms. The van der Waals surface area contributed by atoms with Crippen LogP contribution in [0.5, 0.6) is 5.75 Å². The van der Waals surface area contributed by atoms with E-state index in [9.17, 15) is 4.39 Å². The summed E-state index contributed by atoms with van der Waals surface area (Å²) in [6.07, 6.45) is 0.843. The lowest BCUT2D eigenvalue weighted by Gasteiger charge is -2.04. The molecule has 13 heavy (non-hydrogen) atoms. The fourth-order valence-electron chi connectivity index (χ4n) is 1.08. The van der Waals surface area contributed by atoms with Crippen LogP contribution in [0.1, 0.15) is 18.9 Å². The van der Waals surface area contributed by atoms with Crippen LogP contribution in [0.25, 0.3) is 0 Å². The molecule has 1 rings (SSSR count). The van der Waals surface area contributed by atoms with Crippen molar-refractivity contribution >= 4 is 0 Å². The Labute approximate surface area is 76.6 Å². The van der Waals surface area contributed by atoms with Crippen LogP contribution >= 0.6 is 0 Å². The molecule has 0 aliphatic carbocycles. The highest BCUT2D eigenvalue weighted by Crippen LogP contribution is 2.17. The monoisotopic (exact) mass is 184 g/mol. The molecule has 1 aromatic rings. The van der Waals surface area contributed by atoms with Crippen molar-refractivity contribution in [3.05, 3.63) is 29.6 Å². The maximum Gasteiger partial charge on any atom is 0.165 e. The summed E-state index contributed by atoms with van der Waals surface area (Å²) >= 11 is 0. The molecule has 1 aromatic carbocycles. The molecule has 0 aliphatic rings. The van der Waals surface area contributed by atoms with E-state index in [4.69, 9.17) is 10.2 Å². The van der Waals surface area contributed by atoms with Crippen molar-refractivity contribution < 1.29 is 14.6 Å². The second kappa shape index (κ2) is 4.23. The van der Waals surface area contributed by atoms with Gasteiger partial charge in [0.15, 0.2) is 11.6 Å². The van der Waals surface area contributed by atoms with Gasteiger partial charge >= 0.3 is 0 Å². The van der Waals surface area contributed by atoms with Crippen molar-refractivity contribution in [2.75, 3.05) is 0 Å². The molecule has 1 atom stereocenters. The lowest BCUT2D eigenvalue weighted by Crippen LogP contribution is -2.01. The average Bonchev–Trinajstić information content (AvgIpc) is 2.07. The zero-order valence-corrected chi connectivity index (χ0v) is 7.50. The zero-order chi connectivity index (χ0) is 9.84. The van der Waals surface area contributed by atoms with Gasteiger partial charge in [0.1, 0.15) is 0 Å². The number of rotatable bonds is 3. The Morgan fingerprint density at radius 3 is 2.69 bits per heavy atom. The fourth-order valence-corrected chi connectivity index (χ4v) is 1.08. The Hall–Kier alpha value is -1.09. The van der Waals surface area contributed by atoms with Gasteiger partial charge in [-0.1, -0.05) is 6.07 Å². The number of phenols is 1. The zero-order valence-electron chi connectivity index (χ0n) is 7.50. The van der Waals surface area contributed by atoms with Gasteiger partial charge in [-0.15, -0.1) is 0 Å². The Kier molecular flexibility index (Phi) is 3.25. The maximum absolute atomic E-state index is 12.8. The molecule has 0 saturated heterocycles. The summed E-state index contributed by atoms with van der Waals surface area (Å²) < 4.78 is 12.8. The lowest BCUT2D eigenvalue weighted by atomic mass is 10.1. The largest absolute Gasteiger partial charge is 0.505 e. The fraction of sp³-hybridized carbons (Fsp3) is 0.400. The van der Waals surface area contributed by atoms with Crippen molar-refractivity contribution in [2.24, 2.45) is 0 Å². The summed E-state index contributed by atoms with van der Waals surface area (Å²) in [6, 6.07) is 4.27. The minimum Gasteiger partial charge on any atom is -0.505 e. The molecule has 0 saturated carbocycles. The van der Waals surface area contributed by atoms with Gasteiger partial charge in [-0.2, -0.15) is 0 Å². The molecular formula is C10H13FO2. The number of benzene rings is 1. The Balaban J connectivity index is 2.63. The molecule has 0 amide bonds. The van der Waals surface area contributed by atoms with Crippen molar-refractivity contribution in [2.45, 2.75) is 25.9 Å². The van der Waals surface area contributed by atoms with E-state index in [0.29, 0.717) is 12.8 Å². The Bertz CT molecular complexity index is 284. The maximum atomic E-state index is 12.8. The van der Waals surface area contributed by atoms with Gasteiger partial charge in [-0.05, 0) is 37.5 Å². The topological polar surface area (TPSA) is 40.5 Å².